The third kappa shape index (κ3) is 3.21. The minimum Gasteiger partial charge on any atom is -0.459 e. The maximum Gasteiger partial charge on any atom is 0.289 e. The molecule has 1 aromatic rings. The number of nitrogens with zero attached hydrogens (tertiary/aromatic N) is 2. The third-order valence-corrected chi connectivity index (χ3v) is 3.75. The lowest BCUT2D eigenvalue weighted by Gasteiger charge is -2.35. The van der Waals surface area contributed by atoms with E-state index >= 15 is 0 Å². The molecule has 1 saturated heterocycles. The Kier molecular flexibility index (Phi) is 4.82. The molecule has 5 nitrogen and oxygen atoms in total. The molecule has 1 fully saturated rings. The molecule has 2 heterocycles. The van der Waals surface area contributed by atoms with E-state index in [-0.39, 0.29) is 17.7 Å². The minimum absolute atomic E-state index is 0.0762. The molecule has 110 valence electrons. The first-order valence-electron chi connectivity index (χ1n) is 7.25. The van der Waals surface area contributed by atoms with E-state index < -0.39 is 0 Å². The number of furan rings is 1. The Morgan fingerprint density at radius 1 is 1.25 bits per heavy atom. The van der Waals surface area contributed by atoms with Crippen LogP contribution in [0, 0.1) is 5.92 Å². The lowest BCUT2D eigenvalue weighted by Crippen LogP contribution is -2.51. The lowest BCUT2D eigenvalue weighted by molar-refractivity contribution is -0.136. The Hall–Kier alpha value is -1.78. The van der Waals surface area contributed by atoms with E-state index in [2.05, 4.69) is 6.92 Å². The van der Waals surface area contributed by atoms with Crippen molar-refractivity contribution in [3.05, 3.63) is 24.2 Å². The van der Waals surface area contributed by atoms with Crippen molar-refractivity contribution in [1.82, 2.24) is 9.80 Å². The highest BCUT2D eigenvalue weighted by atomic mass is 16.3. The van der Waals surface area contributed by atoms with Gasteiger partial charge in [0, 0.05) is 32.1 Å². The first-order valence-corrected chi connectivity index (χ1v) is 7.25. The molecule has 1 aliphatic rings. The van der Waals surface area contributed by atoms with Gasteiger partial charge >= 0.3 is 0 Å². The van der Waals surface area contributed by atoms with Gasteiger partial charge < -0.3 is 14.2 Å². The molecular formula is C15H22N2O3. The van der Waals surface area contributed by atoms with Crippen molar-refractivity contribution in [1.29, 1.82) is 0 Å². The van der Waals surface area contributed by atoms with Crippen LogP contribution in [0.25, 0.3) is 0 Å². The summed E-state index contributed by atoms with van der Waals surface area (Å²) in [4.78, 5) is 27.9. The molecule has 0 radical (unpaired) electrons. The second-order valence-electron chi connectivity index (χ2n) is 5.28. The number of carbonyl (C=O) groups excluding carboxylic acids is 2. The fourth-order valence-electron chi connectivity index (χ4n) is 2.55. The van der Waals surface area contributed by atoms with Crippen LogP contribution in [-0.2, 0) is 4.79 Å². The second kappa shape index (κ2) is 6.59. The Morgan fingerprint density at radius 3 is 2.45 bits per heavy atom. The van der Waals surface area contributed by atoms with Crippen LogP contribution in [0.4, 0.5) is 0 Å². The second-order valence-corrected chi connectivity index (χ2v) is 5.28. The quantitative estimate of drug-likeness (QED) is 0.846. The molecule has 20 heavy (non-hydrogen) atoms. The van der Waals surface area contributed by atoms with Gasteiger partial charge in [-0.2, -0.15) is 0 Å². The van der Waals surface area contributed by atoms with E-state index in [0.717, 1.165) is 12.8 Å². The first-order chi connectivity index (χ1) is 9.63. The number of carbonyl (C=O) groups is 2. The van der Waals surface area contributed by atoms with Crippen LogP contribution in [0.5, 0.6) is 0 Å². The summed E-state index contributed by atoms with van der Waals surface area (Å²) < 4.78 is 5.12. The molecule has 1 atom stereocenters. The highest BCUT2D eigenvalue weighted by molar-refractivity contribution is 5.91. The summed E-state index contributed by atoms with van der Waals surface area (Å²) in [6.07, 6.45) is 3.44. The van der Waals surface area contributed by atoms with Crippen molar-refractivity contribution in [3.63, 3.8) is 0 Å². The highest BCUT2D eigenvalue weighted by Crippen LogP contribution is 2.14. The monoisotopic (exact) mass is 278 g/mol. The van der Waals surface area contributed by atoms with Gasteiger partial charge in [0.25, 0.3) is 5.91 Å². The van der Waals surface area contributed by atoms with E-state index in [9.17, 15) is 9.59 Å². The zero-order valence-corrected chi connectivity index (χ0v) is 12.2. The Balaban J connectivity index is 1.86. The Labute approximate surface area is 119 Å². The molecule has 0 bridgehead atoms. The molecular weight excluding hydrogens is 256 g/mol. The molecule has 0 spiro atoms. The van der Waals surface area contributed by atoms with E-state index in [0.29, 0.717) is 31.9 Å². The SMILES string of the molecule is CCCC(C)C(=O)N1CCN(C(=O)c2ccco2)CC1. The maximum absolute atomic E-state index is 12.2. The van der Waals surface area contributed by atoms with Crippen molar-refractivity contribution in [2.24, 2.45) is 5.92 Å². The van der Waals surface area contributed by atoms with Gasteiger partial charge in [0.1, 0.15) is 0 Å². The number of amides is 2. The average Bonchev–Trinajstić information content (AvgIpc) is 3.00. The maximum atomic E-state index is 12.2. The van der Waals surface area contributed by atoms with Gasteiger partial charge in [-0.25, -0.2) is 0 Å². The van der Waals surface area contributed by atoms with Crippen LogP contribution in [0.15, 0.2) is 22.8 Å². The van der Waals surface area contributed by atoms with Crippen LogP contribution in [0.3, 0.4) is 0 Å². The van der Waals surface area contributed by atoms with Crippen molar-refractivity contribution < 1.29 is 14.0 Å². The fraction of sp³-hybridized carbons (Fsp3) is 0.600. The van der Waals surface area contributed by atoms with Crippen LogP contribution >= 0.6 is 0 Å². The number of piperazine rings is 1. The summed E-state index contributed by atoms with van der Waals surface area (Å²) in [7, 11) is 0. The van der Waals surface area contributed by atoms with Crippen LogP contribution in [-0.4, -0.2) is 47.8 Å². The van der Waals surface area contributed by atoms with Crippen LogP contribution < -0.4 is 0 Å². The number of rotatable bonds is 4. The van der Waals surface area contributed by atoms with E-state index in [1.54, 1.807) is 17.0 Å². The predicted molar refractivity (Wildman–Crippen MR) is 75.3 cm³/mol. The molecule has 0 N–H and O–H groups in total. The fourth-order valence-corrected chi connectivity index (χ4v) is 2.55. The molecule has 0 aromatic carbocycles. The Morgan fingerprint density at radius 2 is 1.90 bits per heavy atom. The van der Waals surface area contributed by atoms with E-state index in [4.69, 9.17) is 4.42 Å². The van der Waals surface area contributed by atoms with Gasteiger partial charge in [-0.1, -0.05) is 20.3 Å². The van der Waals surface area contributed by atoms with Gasteiger partial charge in [-0.3, -0.25) is 9.59 Å². The van der Waals surface area contributed by atoms with Crippen molar-refractivity contribution >= 4 is 11.8 Å². The van der Waals surface area contributed by atoms with Gasteiger partial charge in [-0.15, -0.1) is 0 Å². The molecule has 5 heteroatoms. The van der Waals surface area contributed by atoms with Crippen molar-refractivity contribution in [2.45, 2.75) is 26.7 Å². The standard InChI is InChI=1S/C15H22N2O3/c1-3-5-12(2)14(18)16-7-9-17(10-8-16)15(19)13-6-4-11-20-13/h4,6,11-12H,3,5,7-10H2,1-2H3. The summed E-state index contributed by atoms with van der Waals surface area (Å²) in [6, 6.07) is 3.38. The topological polar surface area (TPSA) is 53.8 Å². The predicted octanol–water partition coefficient (Wildman–Crippen LogP) is 2.00. The first kappa shape index (κ1) is 14.6. The molecule has 2 amide bonds. The van der Waals surface area contributed by atoms with E-state index in [1.807, 2.05) is 11.8 Å². The molecule has 0 aliphatic carbocycles. The summed E-state index contributed by atoms with van der Waals surface area (Å²) in [5, 5.41) is 0. The molecule has 1 unspecified atom stereocenters. The van der Waals surface area contributed by atoms with Crippen molar-refractivity contribution in [3.8, 4) is 0 Å². The highest BCUT2D eigenvalue weighted by Gasteiger charge is 2.27. The molecule has 2 rings (SSSR count). The average molecular weight is 278 g/mol. The minimum atomic E-state index is -0.0938. The summed E-state index contributed by atoms with van der Waals surface area (Å²) in [5.74, 6) is 0.553. The largest absolute Gasteiger partial charge is 0.459 e. The zero-order chi connectivity index (χ0) is 14.5. The molecule has 1 aliphatic heterocycles. The van der Waals surface area contributed by atoms with E-state index in [1.165, 1.54) is 6.26 Å². The van der Waals surface area contributed by atoms with Gasteiger partial charge in [-0.05, 0) is 18.6 Å². The number of hydrogen-bond donors (Lipinski definition) is 0. The number of hydrogen-bond acceptors (Lipinski definition) is 3. The van der Waals surface area contributed by atoms with Crippen LogP contribution in [0.1, 0.15) is 37.2 Å². The lowest BCUT2D eigenvalue weighted by atomic mass is 10.0. The summed E-state index contributed by atoms with van der Waals surface area (Å²) >= 11 is 0. The summed E-state index contributed by atoms with van der Waals surface area (Å²) in [6.45, 7) is 6.43. The molecule has 0 saturated carbocycles. The summed E-state index contributed by atoms with van der Waals surface area (Å²) in [5.41, 5.74) is 0. The van der Waals surface area contributed by atoms with Crippen LogP contribution in [0.2, 0.25) is 0 Å². The van der Waals surface area contributed by atoms with Gasteiger partial charge in [0.05, 0.1) is 6.26 Å². The normalized spacial score (nSPS) is 17.1. The third-order valence-electron chi connectivity index (χ3n) is 3.75. The van der Waals surface area contributed by atoms with Crippen molar-refractivity contribution in [2.75, 3.05) is 26.2 Å². The smallest absolute Gasteiger partial charge is 0.289 e. The Bertz CT molecular complexity index is 448. The van der Waals surface area contributed by atoms with Gasteiger partial charge in [0.15, 0.2) is 5.76 Å². The molecule has 1 aromatic heterocycles. The zero-order valence-electron chi connectivity index (χ0n) is 12.2. The van der Waals surface area contributed by atoms with Gasteiger partial charge in [0.2, 0.25) is 5.91 Å².